The van der Waals surface area contributed by atoms with Gasteiger partial charge in [0.25, 0.3) is 0 Å². The number of aromatic nitrogens is 2. The number of alkyl halides is 3. The number of rotatable bonds is 2. The quantitative estimate of drug-likeness (QED) is 0.904. The number of anilines is 1. The molecule has 0 saturated carbocycles. The summed E-state index contributed by atoms with van der Waals surface area (Å²) in [6, 6.07) is 4.88. The van der Waals surface area contributed by atoms with Gasteiger partial charge >= 0.3 is 12.1 Å². The molecule has 0 aliphatic carbocycles. The van der Waals surface area contributed by atoms with Gasteiger partial charge in [-0.3, -0.25) is 14.8 Å². The van der Waals surface area contributed by atoms with E-state index in [9.17, 15) is 18.0 Å². The normalized spacial score (nSPS) is 21.0. The Balaban J connectivity index is 2.06. The van der Waals surface area contributed by atoms with E-state index >= 15 is 0 Å². The molecule has 1 aliphatic rings. The van der Waals surface area contributed by atoms with Crippen molar-refractivity contribution in [2.24, 2.45) is 11.8 Å². The van der Waals surface area contributed by atoms with Crippen molar-refractivity contribution < 1.29 is 23.1 Å². The zero-order chi connectivity index (χ0) is 17.5. The van der Waals surface area contributed by atoms with Crippen LogP contribution >= 0.6 is 0 Å². The second-order valence-electron chi connectivity index (χ2n) is 5.50. The lowest BCUT2D eigenvalue weighted by molar-refractivity contribution is -0.187. The number of benzene rings is 1. The summed E-state index contributed by atoms with van der Waals surface area (Å²) in [5.41, 5.74) is 1.15. The lowest BCUT2D eigenvalue weighted by Crippen LogP contribution is -2.33. The fourth-order valence-corrected chi connectivity index (χ4v) is 2.97. The topological polar surface area (TPSA) is 90.1 Å². The SMILES string of the molecule is N#Cc1ccc(N2C[C@H](C(=O)O)[C@@H](C(F)(F)F)C2)c2nccnc12. The summed E-state index contributed by atoms with van der Waals surface area (Å²) < 4.78 is 39.4. The Bertz CT molecular complexity index is 847. The molecular weight excluding hydrogens is 325 g/mol. The van der Waals surface area contributed by atoms with Crippen molar-refractivity contribution in [3.05, 3.63) is 30.1 Å². The first-order valence-electron chi connectivity index (χ1n) is 7.01. The first kappa shape index (κ1) is 16.0. The Morgan fingerprint density at radius 1 is 1.25 bits per heavy atom. The van der Waals surface area contributed by atoms with E-state index in [-0.39, 0.29) is 23.1 Å². The van der Waals surface area contributed by atoms with Gasteiger partial charge in [0.1, 0.15) is 17.1 Å². The molecule has 0 unspecified atom stereocenters. The molecule has 6 nitrogen and oxygen atoms in total. The molecule has 1 aromatic heterocycles. The summed E-state index contributed by atoms with van der Waals surface area (Å²) in [6.45, 7) is -0.755. The minimum atomic E-state index is -4.61. The number of nitriles is 1. The fourth-order valence-electron chi connectivity index (χ4n) is 2.97. The van der Waals surface area contributed by atoms with Crippen LogP contribution in [0.15, 0.2) is 24.5 Å². The van der Waals surface area contributed by atoms with Crippen molar-refractivity contribution in [1.82, 2.24) is 9.97 Å². The van der Waals surface area contributed by atoms with Gasteiger partial charge in [-0.05, 0) is 12.1 Å². The van der Waals surface area contributed by atoms with Gasteiger partial charge in [-0.1, -0.05) is 0 Å². The lowest BCUT2D eigenvalue weighted by Gasteiger charge is -2.20. The van der Waals surface area contributed by atoms with Crippen molar-refractivity contribution in [3.63, 3.8) is 0 Å². The van der Waals surface area contributed by atoms with Crippen molar-refractivity contribution in [2.75, 3.05) is 18.0 Å². The second kappa shape index (κ2) is 5.63. The summed E-state index contributed by atoms with van der Waals surface area (Å²) in [6.07, 6.45) is -1.85. The average Bonchev–Trinajstić information content (AvgIpc) is 2.99. The number of halogens is 3. The Morgan fingerprint density at radius 2 is 1.92 bits per heavy atom. The molecule has 0 bridgehead atoms. The third-order valence-corrected chi connectivity index (χ3v) is 4.12. The van der Waals surface area contributed by atoms with Crippen LogP contribution in [-0.2, 0) is 4.79 Å². The van der Waals surface area contributed by atoms with Crippen molar-refractivity contribution in [1.29, 1.82) is 5.26 Å². The van der Waals surface area contributed by atoms with Crippen LogP contribution in [0, 0.1) is 23.2 Å². The van der Waals surface area contributed by atoms with Crippen LogP contribution in [0.3, 0.4) is 0 Å². The maximum atomic E-state index is 13.1. The average molecular weight is 336 g/mol. The van der Waals surface area contributed by atoms with Gasteiger partial charge in [-0.25, -0.2) is 0 Å². The molecule has 2 atom stereocenters. The van der Waals surface area contributed by atoms with Crippen LogP contribution in [0.4, 0.5) is 18.9 Å². The van der Waals surface area contributed by atoms with Crippen molar-refractivity contribution in [3.8, 4) is 6.07 Å². The summed E-state index contributed by atoms with van der Waals surface area (Å²) >= 11 is 0. The highest BCUT2D eigenvalue weighted by molar-refractivity contribution is 5.92. The zero-order valence-electron chi connectivity index (χ0n) is 12.2. The minimum Gasteiger partial charge on any atom is -0.481 e. The Hall–Kier alpha value is -2.89. The van der Waals surface area contributed by atoms with Gasteiger partial charge in [-0.2, -0.15) is 18.4 Å². The molecule has 24 heavy (non-hydrogen) atoms. The van der Waals surface area contributed by atoms with Gasteiger partial charge in [0.15, 0.2) is 0 Å². The molecule has 1 saturated heterocycles. The summed E-state index contributed by atoms with van der Waals surface area (Å²) in [4.78, 5) is 20.7. The Labute approximate surface area is 134 Å². The van der Waals surface area contributed by atoms with Crippen LogP contribution in [0.25, 0.3) is 11.0 Å². The van der Waals surface area contributed by atoms with Crippen LogP contribution in [0.5, 0.6) is 0 Å². The van der Waals surface area contributed by atoms with E-state index < -0.39 is 30.5 Å². The molecule has 0 radical (unpaired) electrons. The van der Waals surface area contributed by atoms with Gasteiger partial charge < -0.3 is 10.0 Å². The largest absolute Gasteiger partial charge is 0.481 e. The maximum Gasteiger partial charge on any atom is 0.394 e. The third kappa shape index (κ3) is 2.60. The number of hydrogen-bond donors (Lipinski definition) is 1. The monoisotopic (exact) mass is 336 g/mol. The fraction of sp³-hybridized carbons (Fsp3) is 0.333. The van der Waals surface area contributed by atoms with Crippen molar-refractivity contribution >= 4 is 22.7 Å². The van der Waals surface area contributed by atoms with Gasteiger partial charge in [0, 0.05) is 25.5 Å². The van der Waals surface area contributed by atoms with Crippen LogP contribution in [0.2, 0.25) is 0 Å². The molecule has 1 N–H and O–H groups in total. The molecule has 0 spiro atoms. The summed E-state index contributed by atoms with van der Waals surface area (Å²) in [5, 5.41) is 18.2. The van der Waals surface area contributed by atoms with E-state index in [2.05, 4.69) is 9.97 Å². The number of carboxylic acid groups (broad SMARTS) is 1. The summed E-state index contributed by atoms with van der Waals surface area (Å²) in [5.74, 6) is -4.99. The van der Waals surface area contributed by atoms with E-state index in [4.69, 9.17) is 10.4 Å². The maximum absolute atomic E-state index is 13.1. The molecule has 124 valence electrons. The molecule has 1 aliphatic heterocycles. The van der Waals surface area contributed by atoms with E-state index in [1.807, 2.05) is 6.07 Å². The molecule has 9 heteroatoms. The first-order valence-corrected chi connectivity index (χ1v) is 7.01. The summed E-state index contributed by atoms with van der Waals surface area (Å²) in [7, 11) is 0. The van der Waals surface area contributed by atoms with Gasteiger partial charge in [0.05, 0.1) is 23.1 Å². The highest BCUT2D eigenvalue weighted by atomic mass is 19.4. The van der Waals surface area contributed by atoms with E-state index in [0.717, 1.165) is 0 Å². The van der Waals surface area contributed by atoms with Crippen LogP contribution in [0.1, 0.15) is 5.56 Å². The molecule has 0 amide bonds. The van der Waals surface area contributed by atoms with Crippen molar-refractivity contribution in [2.45, 2.75) is 6.18 Å². The number of aliphatic carboxylic acids is 1. The predicted molar refractivity (Wildman–Crippen MR) is 77.1 cm³/mol. The number of nitrogens with zero attached hydrogens (tertiary/aromatic N) is 4. The second-order valence-corrected chi connectivity index (χ2v) is 5.50. The minimum absolute atomic E-state index is 0.253. The van der Waals surface area contributed by atoms with Gasteiger partial charge in [0.2, 0.25) is 0 Å². The highest BCUT2D eigenvalue weighted by Gasteiger charge is 2.52. The molecular formula is C15H11F3N4O2. The van der Waals surface area contributed by atoms with Crippen LogP contribution < -0.4 is 4.90 Å². The van der Waals surface area contributed by atoms with E-state index in [1.165, 1.54) is 29.4 Å². The zero-order valence-corrected chi connectivity index (χ0v) is 12.2. The number of fused-ring (bicyclic) bond motifs is 1. The first-order chi connectivity index (χ1) is 11.3. The Kier molecular flexibility index (Phi) is 3.75. The molecule has 1 fully saturated rings. The third-order valence-electron chi connectivity index (χ3n) is 4.12. The Morgan fingerprint density at radius 3 is 2.46 bits per heavy atom. The number of hydrogen-bond acceptors (Lipinski definition) is 5. The highest BCUT2D eigenvalue weighted by Crippen LogP contribution is 2.40. The van der Waals surface area contributed by atoms with Gasteiger partial charge in [-0.15, -0.1) is 0 Å². The van der Waals surface area contributed by atoms with Crippen LogP contribution in [-0.4, -0.2) is 40.3 Å². The van der Waals surface area contributed by atoms with E-state index in [0.29, 0.717) is 5.69 Å². The van der Waals surface area contributed by atoms with E-state index in [1.54, 1.807) is 0 Å². The molecule has 2 heterocycles. The molecule has 1 aromatic carbocycles. The molecule has 3 rings (SSSR count). The number of carbonyl (C=O) groups is 1. The number of carboxylic acids is 1. The smallest absolute Gasteiger partial charge is 0.394 e. The molecule has 2 aromatic rings. The lowest BCUT2D eigenvalue weighted by atomic mass is 9.96. The standard InChI is InChI=1S/C15H11F3N4O2/c16-15(17,18)10-7-22(6-9(10)14(23)24)11-2-1-8(5-19)12-13(11)21-4-3-20-12/h1-4,9-10H,6-7H2,(H,23,24)/t9-,10-/m0/s1. The predicted octanol–water partition coefficient (Wildman–Crippen LogP) is 2.20.